The number of methoxy groups -OCH3 is 1. The van der Waals surface area contributed by atoms with Crippen LogP contribution in [-0.2, 0) is 17.6 Å². The standard InChI is InChI=1S/C16H21N3O/c1-20-16(7-4-8-16)11-18-15-13(10-17)9-12-5-2-3-6-14(12)19-15/h9H,2-8,11H2,1H3,(H,18,19). The van der Waals surface area contributed by atoms with Crippen molar-refractivity contribution in [1.29, 1.82) is 5.26 Å². The molecule has 1 aromatic rings. The van der Waals surface area contributed by atoms with Crippen molar-refractivity contribution in [1.82, 2.24) is 4.98 Å². The van der Waals surface area contributed by atoms with E-state index in [-0.39, 0.29) is 5.60 Å². The summed E-state index contributed by atoms with van der Waals surface area (Å²) in [5.74, 6) is 0.733. The van der Waals surface area contributed by atoms with E-state index in [0.717, 1.165) is 43.7 Å². The van der Waals surface area contributed by atoms with Crippen molar-refractivity contribution in [3.05, 3.63) is 22.9 Å². The smallest absolute Gasteiger partial charge is 0.144 e. The van der Waals surface area contributed by atoms with Gasteiger partial charge in [-0.05, 0) is 56.6 Å². The van der Waals surface area contributed by atoms with Crippen molar-refractivity contribution >= 4 is 5.82 Å². The zero-order valence-corrected chi connectivity index (χ0v) is 12.0. The number of pyridine rings is 1. The number of ether oxygens (including phenoxy) is 1. The van der Waals surface area contributed by atoms with Crippen LogP contribution >= 0.6 is 0 Å². The highest BCUT2D eigenvalue weighted by molar-refractivity contribution is 5.55. The van der Waals surface area contributed by atoms with Gasteiger partial charge >= 0.3 is 0 Å². The van der Waals surface area contributed by atoms with E-state index in [1.165, 1.54) is 24.8 Å². The summed E-state index contributed by atoms with van der Waals surface area (Å²) < 4.78 is 5.61. The number of anilines is 1. The van der Waals surface area contributed by atoms with Crippen LogP contribution in [0.15, 0.2) is 6.07 Å². The van der Waals surface area contributed by atoms with Gasteiger partial charge in [0.1, 0.15) is 11.9 Å². The first-order valence-electron chi connectivity index (χ1n) is 7.48. The zero-order valence-electron chi connectivity index (χ0n) is 12.0. The molecule has 0 aromatic carbocycles. The SMILES string of the molecule is COC1(CNc2nc3c(cc2C#N)CCCC3)CCC1. The van der Waals surface area contributed by atoms with Gasteiger partial charge in [0.15, 0.2) is 0 Å². The van der Waals surface area contributed by atoms with Crippen LogP contribution in [0.5, 0.6) is 0 Å². The summed E-state index contributed by atoms with van der Waals surface area (Å²) >= 11 is 0. The molecule has 1 N–H and O–H groups in total. The maximum Gasteiger partial charge on any atom is 0.144 e. The Balaban J connectivity index is 1.80. The number of rotatable bonds is 4. The van der Waals surface area contributed by atoms with E-state index in [4.69, 9.17) is 9.72 Å². The second-order valence-corrected chi connectivity index (χ2v) is 5.90. The lowest BCUT2D eigenvalue weighted by Gasteiger charge is -2.40. The molecule has 0 amide bonds. The highest BCUT2D eigenvalue weighted by Gasteiger charge is 2.37. The molecule has 20 heavy (non-hydrogen) atoms. The van der Waals surface area contributed by atoms with Gasteiger partial charge < -0.3 is 10.1 Å². The second kappa shape index (κ2) is 5.41. The van der Waals surface area contributed by atoms with Gasteiger partial charge in [-0.3, -0.25) is 0 Å². The molecule has 2 aliphatic rings. The average molecular weight is 271 g/mol. The molecule has 0 spiro atoms. The lowest BCUT2D eigenvalue weighted by atomic mass is 9.80. The van der Waals surface area contributed by atoms with Gasteiger partial charge in [0.05, 0.1) is 11.2 Å². The van der Waals surface area contributed by atoms with Gasteiger partial charge in [0.2, 0.25) is 0 Å². The maximum atomic E-state index is 9.32. The van der Waals surface area contributed by atoms with E-state index in [0.29, 0.717) is 5.56 Å². The zero-order chi connectivity index (χ0) is 14.0. The highest BCUT2D eigenvalue weighted by atomic mass is 16.5. The molecule has 0 atom stereocenters. The minimum atomic E-state index is -0.0513. The van der Waals surface area contributed by atoms with Crippen LogP contribution in [0.25, 0.3) is 0 Å². The van der Waals surface area contributed by atoms with Crippen molar-refractivity contribution in [3.8, 4) is 6.07 Å². The van der Waals surface area contributed by atoms with Crippen molar-refractivity contribution in [3.63, 3.8) is 0 Å². The molecule has 0 radical (unpaired) electrons. The Morgan fingerprint density at radius 3 is 2.80 bits per heavy atom. The minimum absolute atomic E-state index is 0.0513. The number of hydrogen-bond acceptors (Lipinski definition) is 4. The molecule has 1 saturated carbocycles. The highest BCUT2D eigenvalue weighted by Crippen LogP contribution is 2.35. The Kier molecular flexibility index (Phi) is 3.62. The van der Waals surface area contributed by atoms with Gasteiger partial charge in [-0.15, -0.1) is 0 Å². The van der Waals surface area contributed by atoms with Crippen LogP contribution in [0.3, 0.4) is 0 Å². The lowest BCUT2D eigenvalue weighted by molar-refractivity contribution is -0.0601. The molecule has 106 valence electrons. The third-order valence-corrected chi connectivity index (χ3v) is 4.70. The number of aromatic nitrogens is 1. The topological polar surface area (TPSA) is 57.9 Å². The van der Waals surface area contributed by atoms with Crippen molar-refractivity contribution < 1.29 is 4.74 Å². The van der Waals surface area contributed by atoms with Gasteiger partial charge in [-0.25, -0.2) is 4.98 Å². The molecule has 4 nitrogen and oxygen atoms in total. The van der Waals surface area contributed by atoms with E-state index in [2.05, 4.69) is 11.4 Å². The Morgan fingerprint density at radius 2 is 2.15 bits per heavy atom. The molecule has 4 heteroatoms. The van der Waals surface area contributed by atoms with Crippen LogP contribution in [0.2, 0.25) is 0 Å². The molecular weight excluding hydrogens is 250 g/mol. The number of aryl methyl sites for hydroxylation is 2. The predicted molar refractivity (Wildman–Crippen MR) is 77.7 cm³/mol. The molecule has 1 heterocycles. The Hall–Kier alpha value is -1.60. The normalized spacial score (nSPS) is 19.6. The number of hydrogen-bond donors (Lipinski definition) is 1. The molecule has 3 rings (SSSR count). The Labute approximate surface area is 120 Å². The van der Waals surface area contributed by atoms with Crippen LogP contribution in [0.1, 0.15) is 48.9 Å². The summed E-state index contributed by atoms with van der Waals surface area (Å²) in [6.45, 7) is 0.740. The summed E-state index contributed by atoms with van der Waals surface area (Å²) in [4.78, 5) is 4.69. The molecule has 1 fully saturated rings. The molecular formula is C16H21N3O. The van der Waals surface area contributed by atoms with Gasteiger partial charge in [0, 0.05) is 19.3 Å². The fourth-order valence-corrected chi connectivity index (χ4v) is 3.12. The number of fused-ring (bicyclic) bond motifs is 1. The molecule has 0 bridgehead atoms. The molecule has 0 unspecified atom stereocenters. The van der Waals surface area contributed by atoms with E-state index < -0.39 is 0 Å². The molecule has 0 saturated heterocycles. The van der Waals surface area contributed by atoms with Crippen LogP contribution in [0, 0.1) is 11.3 Å². The summed E-state index contributed by atoms with van der Waals surface area (Å²) in [6.07, 6.45) is 7.89. The third-order valence-electron chi connectivity index (χ3n) is 4.70. The minimum Gasteiger partial charge on any atom is -0.376 e. The average Bonchev–Trinajstić information content (AvgIpc) is 2.45. The van der Waals surface area contributed by atoms with Gasteiger partial charge in [0.25, 0.3) is 0 Å². The monoisotopic (exact) mass is 271 g/mol. The quantitative estimate of drug-likeness (QED) is 0.915. The first kappa shape index (κ1) is 13.4. The fraction of sp³-hybridized carbons (Fsp3) is 0.625. The number of nitrogens with one attached hydrogen (secondary N) is 1. The van der Waals surface area contributed by atoms with E-state index in [9.17, 15) is 5.26 Å². The summed E-state index contributed by atoms with van der Waals surface area (Å²) in [5, 5.41) is 12.7. The summed E-state index contributed by atoms with van der Waals surface area (Å²) in [5.41, 5.74) is 3.03. The first-order chi connectivity index (χ1) is 9.76. The summed E-state index contributed by atoms with van der Waals surface area (Å²) in [7, 11) is 1.77. The third kappa shape index (κ3) is 2.38. The molecule has 2 aliphatic carbocycles. The first-order valence-corrected chi connectivity index (χ1v) is 7.48. The summed E-state index contributed by atoms with van der Waals surface area (Å²) in [6, 6.07) is 4.29. The fourth-order valence-electron chi connectivity index (χ4n) is 3.12. The number of nitrogens with zero attached hydrogens (tertiary/aromatic N) is 2. The second-order valence-electron chi connectivity index (χ2n) is 5.90. The Morgan fingerprint density at radius 1 is 1.35 bits per heavy atom. The van der Waals surface area contributed by atoms with Crippen molar-refractivity contribution in [2.45, 2.75) is 50.5 Å². The number of nitriles is 1. The van der Waals surface area contributed by atoms with Gasteiger partial charge in [-0.2, -0.15) is 5.26 Å². The maximum absolute atomic E-state index is 9.32. The predicted octanol–water partition coefficient (Wildman–Crippen LogP) is 2.81. The van der Waals surface area contributed by atoms with E-state index in [1.807, 2.05) is 6.07 Å². The van der Waals surface area contributed by atoms with Gasteiger partial charge in [-0.1, -0.05) is 0 Å². The Bertz CT molecular complexity index is 538. The lowest BCUT2D eigenvalue weighted by Crippen LogP contribution is -2.45. The van der Waals surface area contributed by atoms with Crippen molar-refractivity contribution in [2.75, 3.05) is 19.0 Å². The van der Waals surface area contributed by atoms with E-state index >= 15 is 0 Å². The molecule has 0 aliphatic heterocycles. The molecule has 1 aromatic heterocycles. The van der Waals surface area contributed by atoms with E-state index in [1.54, 1.807) is 7.11 Å². The van der Waals surface area contributed by atoms with Crippen LogP contribution in [0.4, 0.5) is 5.82 Å². The van der Waals surface area contributed by atoms with Crippen LogP contribution < -0.4 is 5.32 Å². The largest absolute Gasteiger partial charge is 0.376 e. The van der Waals surface area contributed by atoms with Crippen LogP contribution in [-0.4, -0.2) is 24.2 Å². The van der Waals surface area contributed by atoms with Crippen molar-refractivity contribution in [2.24, 2.45) is 0 Å².